The van der Waals surface area contributed by atoms with Crippen molar-refractivity contribution >= 4 is 29.0 Å². The fraction of sp³-hybridized carbons (Fsp3) is 0.150. The van der Waals surface area contributed by atoms with Gasteiger partial charge in [-0.05, 0) is 53.9 Å². The quantitative estimate of drug-likeness (QED) is 0.761. The third kappa shape index (κ3) is 3.26. The van der Waals surface area contributed by atoms with E-state index in [0.717, 1.165) is 23.2 Å². The van der Waals surface area contributed by atoms with E-state index < -0.39 is 0 Å². The smallest absolute Gasteiger partial charge is 0.262 e. The van der Waals surface area contributed by atoms with Crippen LogP contribution < -0.4 is 10.2 Å². The number of halogens is 1. The first-order valence-corrected chi connectivity index (χ1v) is 8.78. The fourth-order valence-corrected chi connectivity index (χ4v) is 3.33. The molecule has 2 aromatic heterocycles. The van der Waals surface area contributed by atoms with Gasteiger partial charge in [0.05, 0.1) is 5.56 Å². The normalized spacial score (nSPS) is 12.7. The molecule has 0 aliphatic carbocycles. The summed E-state index contributed by atoms with van der Waals surface area (Å²) < 4.78 is 0. The maximum absolute atomic E-state index is 13.1. The van der Waals surface area contributed by atoms with Crippen molar-refractivity contribution in [3.05, 3.63) is 82.8 Å². The molecule has 1 aromatic carbocycles. The highest BCUT2D eigenvalue weighted by Crippen LogP contribution is 2.32. The molecule has 6 heteroatoms. The van der Waals surface area contributed by atoms with E-state index in [4.69, 9.17) is 11.6 Å². The highest BCUT2D eigenvalue weighted by molar-refractivity contribution is 6.30. The molecule has 0 bridgehead atoms. The Hall–Kier alpha value is -2.92. The molecular weight excluding hydrogens is 348 g/mol. The van der Waals surface area contributed by atoms with Crippen molar-refractivity contribution in [1.29, 1.82) is 0 Å². The second-order valence-corrected chi connectivity index (χ2v) is 6.53. The first-order valence-electron chi connectivity index (χ1n) is 8.40. The van der Waals surface area contributed by atoms with Gasteiger partial charge in [0.15, 0.2) is 0 Å². The lowest BCUT2D eigenvalue weighted by molar-refractivity contribution is 0.0990. The highest BCUT2D eigenvalue weighted by atomic mass is 35.5. The van der Waals surface area contributed by atoms with Crippen LogP contribution in [0.4, 0.5) is 11.5 Å². The maximum atomic E-state index is 13.1. The number of anilines is 2. The monoisotopic (exact) mass is 364 g/mol. The van der Waals surface area contributed by atoms with Crippen LogP contribution >= 0.6 is 11.6 Å². The van der Waals surface area contributed by atoms with E-state index in [1.165, 1.54) is 0 Å². The summed E-state index contributed by atoms with van der Waals surface area (Å²) in [6.07, 6.45) is 6.01. The Morgan fingerprint density at radius 1 is 1.19 bits per heavy atom. The zero-order valence-corrected chi connectivity index (χ0v) is 14.8. The molecule has 1 N–H and O–H groups in total. The van der Waals surface area contributed by atoms with Crippen LogP contribution in [0.25, 0.3) is 0 Å². The van der Waals surface area contributed by atoms with E-state index in [-0.39, 0.29) is 5.91 Å². The third-order valence-electron chi connectivity index (χ3n) is 4.40. The van der Waals surface area contributed by atoms with E-state index in [1.807, 2.05) is 30.3 Å². The molecule has 0 saturated carbocycles. The van der Waals surface area contributed by atoms with E-state index in [9.17, 15) is 4.79 Å². The first kappa shape index (κ1) is 16.5. The van der Waals surface area contributed by atoms with Crippen molar-refractivity contribution in [2.24, 2.45) is 0 Å². The molecule has 0 unspecified atom stereocenters. The van der Waals surface area contributed by atoms with E-state index >= 15 is 0 Å². The topological polar surface area (TPSA) is 58.1 Å². The molecule has 0 saturated heterocycles. The molecule has 3 heterocycles. The van der Waals surface area contributed by atoms with Gasteiger partial charge in [-0.3, -0.25) is 9.78 Å². The standard InChI is InChI=1S/C20H17ClN4O/c21-16-5-6-18-15(11-16)7-10-25(18)20(26)17-4-2-9-23-19(17)24-13-14-3-1-8-22-12-14/h1-6,8-9,11-12H,7,10,13H2,(H,23,24). The fourth-order valence-electron chi connectivity index (χ4n) is 3.13. The summed E-state index contributed by atoms with van der Waals surface area (Å²) in [5.74, 6) is 0.511. The van der Waals surface area contributed by atoms with Gasteiger partial charge in [-0.2, -0.15) is 0 Å². The molecule has 26 heavy (non-hydrogen) atoms. The Morgan fingerprint density at radius 3 is 2.92 bits per heavy atom. The largest absolute Gasteiger partial charge is 0.365 e. The number of hydrogen-bond donors (Lipinski definition) is 1. The second kappa shape index (κ2) is 7.14. The molecule has 0 spiro atoms. The van der Waals surface area contributed by atoms with Crippen molar-refractivity contribution < 1.29 is 4.79 Å². The Labute approximate surface area is 156 Å². The van der Waals surface area contributed by atoms with Gasteiger partial charge in [0, 0.05) is 42.4 Å². The number of carbonyl (C=O) groups is 1. The van der Waals surface area contributed by atoms with Crippen LogP contribution in [0.2, 0.25) is 5.02 Å². The zero-order valence-electron chi connectivity index (χ0n) is 14.0. The summed E-state index contributed by atoms with van der Waals surface area (Å²) in [5.41, 5.74) is 3.60. The van der Waals surface area contributed by atoms with Crippen LogP contribution in [0.3, 0.4) is 0 Å². The molecule has 0 radical (unpaired) electrons. The molecule has 130 valence electrons. The van der Waals surface area contributed by atoms with E-state index in [2.05, 4.69) is 15.3 Å². The van der Waals surface area contributed by atoms with Crippen LogP contribution in [0, 0.1) is 0 Å². The minimum Gasteiger partial charge on any atom is -0.365 e. The number of rotatable bonds is 4. The lowest BCUT2D eigenvalue weighted by Gasteiger charge is -2.19. The van der Waals surface area contributed by atoms with Gasteiger partial charge >= 0.3 is 0 Å². The Bertz CT molecular complexity index is 946. The van der Waals surface area contributed by atoms with Gasteiger partial charge in [-0.15, -0.1) is 0 Å². The molecule has 4 rings (SSSR count). The van der Waals surface area contributed by atoms with E-state index in [1.54, 1.807) is 35.6 Å². The van der Waals surface area contributed by atoms with Gasteiger partial charge < -0.3 is 10.2 Å². The van der Waals surface area contributed by atoms with Crippen LogP contribution in [0.5, 0.6) is 0 Å². The number of aromatic nitrogens is 2. The molecule has 0 atom stereocenters. The van der Waals surface area contributed by atoms with Crippen molar-refractivity contribution in [1.82, 2.24) is 9.97 Å². The number of benzene rings is 1. The van der Waals surface area contributed by atoms with Gasteiger partial charge in [0.1, 0.15) is 5.82 Å². The Kier molecular flexibility index (Phi) is 4.54. The molecule has 1 amide bonds. The summed E-state index contributed by atoms with van der Waals surface area (Å²) in [4.78, 5) is 23.4. The number of hydrogen-bond acceptors (Lipinski definition) is 4. The van der Waals surface area contributed by atoms with Gasteiger partial charge in [-0.25, -0.2) is 4.98 Å². The summed E-state index contributed by atoms with van der Waals surface area (Å²) in [7, 11) is 0. The van der Waals surface area contributed by atoms with Crippen LogP contribution in [0.15, 0.2) is 61.1 Å². The van der Waals surface area contributed by atoms with E-state index in [0.29, 0.717) is 29.5 Å². The lowest BCUT2D eigenvalue weighted by atomic mass is 10.1. The number of amides is 1. The molecule has 5 nitrogen and oxygen atoms in total. The zero-order chi connectivity index (χ0) is 17.9. The average Bonchev–Trinajstić information content (AvgIpc) is 3.10. The van der Waals surface area contributed by atoms with Crippen molar-refractivity contribution in [2.45, 2.75) is 13.0 Å². The van der Waals surface area contributed by atoms with Gasteiger partial charge in [-0.1, -0.05) is 17.7 Å². The summed E-state index contributed by atoms with van der Waals surface area (Å²) in [5, 5.41) is 3.94. The molecule has 0 fully saturated rings. The number of carbonyl (C=O) groups excluding carboxylic acids is 1. The average molecular weight is 365 g/mol. The van der Waals surface area contributed by atoms with Gasteiger partial charge in [0.25, 0.3) is 5.91 Å². The summed E-state index contributed by atoms with van der Waals surface area (Å²) in [6, 6.07) is 13.1. The van der Waals surface area contributed by atoms with Crippen molar-refractivity contribution in [3.8, 4) is 0 Å². The van der Waals surface area contributed by atoms with Crippen LogP contribution in [-0.2, 0) is 13.0 Å². The number of nitrogens with one attached hydrogen (secondary N) is 1. The van der Waals surface area contributed by atoms with Gasteiger partial charge in [0.2, 0.25) is 0 Å². The molecule has 1 aliphatic heterocycles. The van der Waals surface area contributed by atoms with Crippen molar-refractivity contribution in [2.75, 3.05) is 16.8 Å². The Morgan fingerprint density at radius 2 is 2.08 bits per heavy atom. The minimum atomic E-state index is -0.0622. The number of fused-ring (bicyclic) bond motifs is 1. The second-order valence-electron chi connectivity index (χ2n) is 6.09. The molecule has 3 aromatic rings. The Balaban J connectivity index is 1.58. The SMILES string of the molecule is O=C(c1cccnc1NCc1cccnc1)N1CCc2cc(Cl)ccc21. The maximum Gasteiger partial charge on any atom is 0.262 e. The first-order chi connectivity index (χ1) is 12.7. The summed E-state index contributed by atoms with van der Waals surface area (Å²) >= 11 is 6.06. The predicted molar refractivity (Wildman–Crippen MR) is 103 cm³/mol. The molecular formula is C20H17ClN4O. The van der Waals surface area contributed by atoms with Crippen LogP contribution in [-0.4, -0.2) is 22.4 Å². The highest BCUT2D eigenvalue weighted by Gasteiger charge is 2.27. The number of pyridine rings is 2. The number of nitrogens with zero attached hydrogens (tertiary/aromatic N) is 3. The predicted octanol–water partition coefficient (Wildman–Crippen LogP) is 3.95. The lowest BCUT2D eigenvalue weighted by Crippen LogP contribution is -2.29. The summed E-state index contributed by atoms with van der Waals surface area (Å²) in [6.45, 7) is 1.20. The molecule has 1 aliphatic rings. The van der Waals surface area contributed by atoms with Crippen molar-refractivity contribution in [3.63, 3.8) is 0 Å². The van der Waals surface area contributed by atoms with Crippen LogP contribution in [0.1, 0.15) is 21.5 Å². The third-order valence-corrected chi connectivity index (χ3v) is 4.64. The minimum absolute atomic E-state index is 0.0622.